The molecule has 0 bridgehead atoms. The molecule has 4 rings (SSSR count). The summed E-state index contributed by atoms with van der Waals surface area (Å²) in [5, 5.41) is 22.0. The van der Waals surface area contributed by atoms with Crippen LogP contribution in [0.4, 0.5) is 11.5 Å². The summed E-state index contributed by atoms with van der Waals surface area (Å²) >= 11 is 0. The smallest absolute Gasteiger partial charge is 0.276 e. The normalized spacial score (nSPS) is 13.8. The van der Waals surface area contributed by atoms with Gasteiger partial charge in [0.25, 0.3) is 5.91 Å². The highest BCUT2D eigenvalue weighted by atomic mass is 16.1. The number of tetrazole rings is 1. The fourth-order valence-electron chi connectivity index (χ4n) is 2.73. The zero-order chi connectivity index (χ0) is 17.1. The Kier molecular flexibility index (Phi) is 4.03. The Morgan fingerprint density at radius 1 is 1.00 bits per heavy atom. The van der Waals surface area contributed by atoms with Crippen molar-refractivity contribution in [3.8, 4) is 5.69 Å². The first-order valence-electron chi connectivity index (χ1n) is 8.03. The fraction of sp³-hybridized carbons (Fsp3) is 0.250. The van der Waals surface area contributed by atoms with Gasteiger partial charge in [-0.3, -0.25) is 4.79 Å². The van der Waals surface area contributed by atoms with Crippen molar-refractivity contribution in [3.63, 3.8) is 0 Å². The van der Waals surface area contributed by atoms with E-state index in [0.717, 1.165) is 24.6 Å². The number of hydrogen-bond acceptors (Lipinski definition) is 7. The van der Waals surface area contributed by atoms with Gasteiger partial charge in [-0.1, -0.05) is 0 Å². The highest BCUT2D eigenvalue weighted by molar-refractivity contribution is 6.02. The summed E-state index contributed by atoms with van der Waals surface area (Å²) in [6, 6.07) is 10.7. The molecule has 9 nitrogen and oxygen atoms in total. The van der Waals surface area contributed by atoms with E-state index in [0.29, 0.717) is 5.69 Å². The molecule has 0 atom stereocenters. The molecular weight excluding hydrogens is 320 g/mol. The predicted molar refractivity (Wildman–Crippen MR) is 90.6 cm³/mol. The van der Waals surface area contributed by atoms with Crippen molar-refractivity contribution < 1.29 is 4.79 Å². The van der Waals surface area contributed by atoms with Crippen molar-refractivity contribution in [1.82, 2.24) is 30.4 Å². The molecule has 126 valence electrons. The van der Waals surface area contributed by atoms with Crippen LogP contribution >= 0.6 is 0 Å². The molecule has 1 saturated heterocycles. The van der Waals surface area contributed by atoms with Crippen LogP contribution in [0.3, 0.4) is 0 Å². The van der Waals surface area contributed by atoms with Crippen molar-refractivity contribution in [2.45, 2.75) is 12.8 Å². The van der Waals surface area contributed by atoms with Gasteiger partial charge in [-0.2, -0.15) is 0 Å². The van der Waals surface area contributed by atoms with E-state index in [1.54, 1.807) is 18.2 Å². The predicted octanol–water partition coefficient (Wildman–Crippen LogP) is 1.30. The van der Waals surface area contributed by atoms with E-state index in [-0.39, 0.29) is 11.6 Å². The van der Waals surface area contributed by atoms with Gasteiger partial charge in [-0.15, -0.1) is 15.3 Å². The summed E-state index contributed by atoms with van der Waals surface area (Å²) in [5.41, 5.74) is 1.75. The van der Waals surface area contributed by atoms with E-state index < -0.39 is 0 Å². The lowest BCUT2D eigenvalue weighted by atomic mass is 10.2. The number of aromatic nitrogens is 6. The van der Waals surface area contributed by atoms with Crippen LogP contribution in [0.15, 0.2) is 42.7 Å². The van der Waals surface area contributed by atoms with Gasteiger partial charge in [-0.05, 0) is 59.7 Å². The second-order valence-electron chi connectivity index (χ2n) is 5.73. The Morgan fingerprint density at radius 3 is 2.44 bits per heavy atom. The van der Waals surface area contributed by atoms with Gasteiger partial charge in [0.2, 0.25) is 0 Å². The van der Waals surface area contributed by atoms with E-state index in [9.17, 15) is 4.79 Å². The van der Waals surface area contributed by atoms with E-state index >= 15 is 0 Å². The SMILES string of the molecule is O=C(Nc1ccc(-n2cnnn2)cc1)c1ccc(N2CCCC2)nn1. The molecule has 1 fully saturated rings. The molecule has 25 heavy (non-hydrogen) atoms. The van der Waals surface area contributed by atoms with Gasteiger partial charge in [0.15, 0.2) is 11.5 Å². The molecule has 3 aromatic rings. The number of nitrogens with zero attached hydrogens (tertiary/aromatic N) is 7. The second kappa shape index (κ2) is 6.63. The lowest BCUT2D eigenvalue weighted by Crippen LogP contribution is -2.21. The minimum absolute atomic E-state index is 0.285. The maximum Gasteiger partial charge on any atom is 0.276 e. The van der Waals surface area contributed by atoms with Gasteiger partial charge in [0.1, 0.15) is 6.33 Å². The van der Waals surface area contributed by atoms with Crippen molar-refractivity contribution in [2.24, 2.45) is 0 Å². The molecular formula is C16H16N8O. The van der Waals surface area contributed by atoms with Crippen LogP contribution in [0.2, 0.25) is 0 Å². The van der Waals surface area contributed by atoms with Gasteiger partial charge >= 0.3 is 0 Å². The molecule has 1 aliphatic rings. The number of rotatable bonds is 4. The summed E-state index contributed by atoms with van der Waals surface area (Å²) in [7, 11) is 0. The van der Waals surface area contributed by atoms with Crippen molar-refractivity contribution in [2.75, 3.05) is 23.3 Å². The minimum Gasteiger partial charge on any atom is -0.355 e. The lowest BCUT2D eigenvalue weighted by molar-refractivity contribution is 0.102. The van der Waals surface area contributed by atoms with E-state index in [1.807, 2.05) is 18.2 Å². The third-order valence-corrected chi connectivity index (χ3v) is 4.05. The quantitative estimate of drug-likeness (QED) is 0.766. The van der Waals surface area contributed by atoms with Crippen LogP contribution in [-0.2, 0) is 0 Å². The Hall–Kier alpha value is -3.36. The molecule has 0 radical (unpaired) electrons. The summed E-state index contributed by atoms with van der Waals surface area (Å²) in [4.78, 5) is 14.5. The average molecular weight is 336 g/mol. The molecule has 3 heterocycles. The molecule has 1 aromatic carbocycles. The number of nitrogens with one attached hydrogen (secondary N) is 1. The van der Waals surface area contributed by atoms with Gasteiger partial charge in [-0.25, -0.2) is 4.68 Å². The molecule has 0 spiro atoms. The Labute approximate surface area is 143 Å². The molecule has 9 heteroatoms. The molecule has 1 amide bonds. The molecule has 0 aliphatic carbocycles. The van der Waals surface area contributed by atoms with Gasteiger partial charge < -0.3 is 10.2 Å². The van der Waals surface area contributed by atoms with Gasteiger partial charge in [0, 0.05) is 18.8 Å². The van der Waals surface area contributed by atoms with E-state index in [1.165, 1.54) is 23.9 Å². The number of carbonyl (C=O) groups is 1. The highest BCUT2D eigenvalue weighted by Crippen LogP contribution is 2.17. The van der Waals surface area contributed by atoms with Crippen LogP contribution in [-0.4, -0.2) is 49.4 Å². The van der Waals surface area contributed by atoms with Crippen LogP contribution in [0.5, 0.6) is 0 Å². The first kappa shape index (κ1) is 15.2. The standard InChI is InChI=1S/C16H16N8O/c25-16(14-7-8-15(20-19-14)23-9-1-2-10-23)18-12-3-5-13(6-4-12)24-11-17-21-22-24/h3-8,11H,1-2,9-10H2,(H,18,25). The topological polar surface area (TPSA) is 102 Å². The number of carbonyl (C=O) groups excluding carboxylic acids is 1. The molecule has 0 unspecified atom stereocenters. The minimum atomic E-state index is -0.296. The Morgan fingerprint density at radius 2 is 1.80 bits per heavy atom. The third-order valence-electron chi connectivity index (χ3n) is 4.05. The molecule has 0 saturated carbocycles. The van der Waals surface area contributed by atoms with Crippen LogP contribution in [0.25, 0.3) is 5.69 Å². The average Bonchev–Trinajstić information content (AvgIpc) is 3.36. The summed E-state index contributed by atoms with van der Waals surface area (Å²) in [6.07, 6.45) is 3.85. The monoisotopic (exact) mass is 336 g/mol. The maximum atomic E-state index is 12.3. The van der Waals surface area contributed by atoms with E-state index in [2.05, 4.69) is 35.9 Å². The third kappa shape index (κ3) is 3.30. The molecule has 2 aromatic heterocycles. The number of amides is 1. The van der Waals surface area contributed by atoms with Gasteiger partial charge in [0.05, 0.1) is 5.69 Å². The van der Waals surface area contributed by atoms with Crippen molar-refractivity contribution >= 4 is 17.4 Å². The number of benzene rings is 1. The first-order chi connectivity index (χ1) is 12.3. The lowest BCUT2D eigenvalue weighted by Gasteiger charge is -2.15. The second-order valence-corrected chi connectivity index (χ2v) is 5.73. The number of anilines is 2. The molecule has 1 aliphatic heterocycles. The van der Waals surface area contributed by atoms with Crippen LogP contribution < -0.4 is 10.2 Å². The largest absolute Gasteiger partial charge is 0.355 e. The first-order valence-corrected chi connectivity index (χ1v) is 8.03. The van der Waals surface area contributed by atoms with E-state index in [4.69, 9.17) is 0 Å². The highest BCUT2D eigenvalue weighted by Gasteiger charge is 2.15. The Balaban J connectivity index is 1.42. The van der Waals surface area contributed by atoms with Crippen LogP contribution in [0.1, 0.15) is 23.3 Å². The van der Waals surface area contributed by atoms with Crippen molar-refractivity contribution in [3.05, 3.63) is 48.4 Å². The maximum absolute atomic E-state index is 12.3. The zero-order valence-corrected chi connectivity index (χ0v) is 13.4. The summed E-state index contributed by atoms with van der Waals surface area (Å²) in [6.45, 7) is 1.99. The number of hydrogen-bond donors (Lipinski definition) is 1. The Bertz CT molecular complexity index is 839. The molecule has 1 N–H and O–H groups in total. The van der Waals surface area contributed by atoms with Crippen molar-refractivity contribution in [1.29, 1.82) is 0 Å². The van der Waals surface area contributed by atoms with Crippen LogP contribution in [0, 0.1) is 0 Å². The summed E-state index contributed by atoms with van der Waals surface area (Å²) < 4.78 is 1.54. The zero-order valence-electron chi connectivity index (χ0n) is 13.4. The fourth-order valence-corrected chi connectivity index (χ4v) is 2.73. The summed E-state index contributed by atoms with van der Waals surface area (Å²) in [5.74, 6) is 0.524.